The number of hydrogen-bond acceptors (Lipinski definition) is 6. The molecule has 0 fully saturated rings. The molecule has 0 saturated heterocycles. The first-order valence-corrected chi connectivity index (χ1v) is 7.64. The lowest BCUT2D eigenvalue weighted by atomic mass is 10.1. The maximum Gasteiger partial charge on any atom is 0.414 e. The maximum atomic E-state index is 11.9. The third-order valence-corrected chi connectivity index (χ3v) is 3.11. The first kappa shape index (κ1) is 23.3. The number of hydrogen-bond donors (Lipinski definition) is 6. The van der Waals surface area contributed by atoms with Gasteiger partial charge in [0.1, 0.15) is 6.04 Å². The van der Waals surface area contributed by atoms with Crippen molar-refractivity contribution >= 4 is 41.1 Å². The average Bonchev–Trinajstić information content (AvgIpc) is 2.55. The number of aryl methyl sites for hydroxylation is 1. The van der Waals surface area contributed by atoms with E-state index in [1.165, 1.54) is 0 Å². The summed E-state index contributed by atoms with van der Waals surface area (Å²) < 4.78 is 0. The zero-order valence-corrected chi connectivity index (χ0v) is 14.6. The minimum Gasteiger partial charge on any atom is -0.480 e. The minimum absolute atomic E-state index is 0.179. The van der Waals surface area contributed by atoms with E-state index in [0.717, 1.165) is 5.56 Å². The van der Waals surface area contributed by atoms with Crippen molar-refractivity contribution in [2.24, 2.45) is 5.73 Å². The van der Waals surface area contributed by atoms with Crippen molar-refractivity contribution in [2.45, 2.75) is 19.4 Å². The Balaban J connectivity index is 0.000000896. The van der Waals surface area contributed by atoms with Crippen molar-refractivity contribution in [3.8, 4) is 0 Å². The highest BCUT2D eigenvalue weighted by atomic mass is 35.5. The molecule has 1 aromatic rings. The van der Waals surface area contributed by atoms with Crippen molar-refractivity contribution in [1.29, 1.82) is 0 Å². The number of halogens is 1. The molecule has 7 N–H and O–H groups in total. The van der Waals surface area contributed by atoms with Crippen LogP contribution < -0.4 is 16.4 Å². The fraction of sp³-hybridized carbons (Fsp3) is 0.333. The van der Waals surface area contributed by atoms with Crippen LogP contribution in [0.5, 0.6) is 0 Å². The molecule has 1 atom stereocenters. The molecular weight excluding hydrogens is 370 g/mol. The summed E-state index contributed by atoms with van der Waals surface area (Å²) in [4.78, 5) is 41.1. The molecule has 0 aliphatic heterocycles. The van der Waals surface area contributed by atoms with Gasteiger partial charge in [-0.3, -0.25) is 9.59 Å². The van der Waals surface area contributed by atoms with Crippen molar-refractivity contribution < 1.29 is 34.5 Å². The van der Waals surface area contributed by atoms with Crippen LogP contribution in [0, 0.1) is 6.92 Å². The Bertz CT molecular complexity index is 655. The Morgan fingerprint density at radius 1 is 1.15 bits per heavy atom. The Morgan fingerprint density at radius 2 is 1.73 bits per heavy atom. The molecule has 0 bridgehead atoms. The van der Waals surface area contributed by atoms with Crippen LogP contribution in [-0.2, 0) is 19.2 Å². The summed E-state index contributed by atoms with van der Waals surface area (Å²) in [6.45, 7) is 2.46. The van der Waals surface area contributed by atoms with Crippen molar-refractivity contribution in [1.82, 2.24) is 5.32 Å². The number of benzene rings is 1. The normalized spacial score (nSPS) is 10.9. The number of nitrogens with one attached hydrogen (secondary N) is 2. The summed E-state index contributed by atoms with van der Waals surface area (Å²) in [7, 11) is 0. The molecule has 1 unspecified atom stereocenters. The summed E-state index contributed by atoms with van der Waals surface area (Å²) in [5.74, 6) is -5.13. The van der Waals surface area contributed by atoms with Crippen molar-refractivity contribution in [3.05, 3.63) is 28.8 Å². The quantitative estimate of drug-likeness (QED) is 0.353. The number of anilines is 1. The van der Waals surface area contributed by atoms with Crippen molar-refractivity contribution in [3.63, 3.8) is 0 Å². The number of carbonyl (C=O) groups is 4. The highest BCUT2D eigenvalue weighted by Gasteiger charge is 2.20. The number of carbonyl (C=O) groups excluding carboxylic acids is 1. The topological polar surface area (TPSA) is 179 Å². The molecule has 1 rings (SSSR count). The fourth-order valence-corrected chi connectivity index (χ4v) is 1.79. The molecule has 0 heterocycles. The van der Waals surface area contributed by atoms with Gasteiger partial charge in [0.15, 0.2) is 0 Å². The maximum absolute atomic E-state index is 11.9. The minimum atomic E-state index is -1.82. The molecule has 0 saturated carbocycles. The number of amides is 1. The second-order valence-corrected chi connectivity index (χ2v) is 5.39. The highest BCUT2D eigenvalue weighted by molar-refractivity contribution is 6.31. The van der Waals surface area contributed by atoms with E-state index in [2.05, 4.69) is 10.6 Å². The Hall–Kier alpha value is -2.69. The summed E-state index contributed by atoms with van der Waals surface area (Å²) in [6.07, 6.45) is -0.179. The fourth-order valence-electron chi connectivity index (χ4n) is 1.62. The van der Waals surface area contributed by atoms with Crippen molar-refractivity contribution in [2.75, 3.05) is 18.4 Å². The van der Waals surface area contributed by atoms with E-state index < -0.39 is 29.9 Å². The van der Waals surface area contributed by atoms with Gasteiger partial charge in [0, 0.05) is 23.8 Å². The van der Waals surface area contributed by atoms with E-state index in [1.807, 2.05) is 6.92 Å². The van der Waals surface area contributed by atoms with Gasteiger partial charge in [0.2, 0.25) is 5.91 Å². The molecule has 11 heteroatoms. The number of carboxylic acids is 3. The van der Waals surface area contributed by atoms with Crippen LogP contribution >= 0.6 is 11.6 Å². The van der Waals surface area contributed by atoms with Crippen LogP contribution in [-0.4, -0.2) is 58.3 Å². The zero-order chi connectivity index (χ0) is 20.3. The predicted octanol–water partition coefficient (Wildman–Crippen LogP) is 0.134. The largest absolute Gasteiger partial charge is 0.480 e. The molecule has 0 aliphatic rings. The summed E-state index contributed by atoms with van der Waals surface area (Å²) in [5, 5.41) is 29.6. The summed E-state index contributed by atoms with van der Waals surface area (Å²) in [6, 6.07) is 4.16. The summed E-state index contributed by atoms with van der Waals surface area (Å²) >= 11 is 5.85. The van der Waals surface area contributed by atoms with Gasteiger partial charge in [-0.25, -0.2) is 9.59 Å². The Kier molecular flexibility index (Phi) is 10.6. The second kappa shape index (κ2) is 11.8. The lowest BCUT2D eigenvalue weighted by Gasteiger charge is -2.14. The molecule has 26 heavy (non-hydrogen) atoms. The van der Waals surface area contributed by atoms with Crippen LogP contribution in [0.15, 0.2) is 18.2 Å². The summed E-state index contributed by atoms with van der Waals surface area (Å²) in [5.41, 5.74) is 6.72. The second-order valence-electron chi connectivity index (χ2n) is 4.96. The van der Waals surface area contributed by atoms with E-state index in [9.17, 15) is 9.59 Å². The third-order valence-electron chi connectivity index (χ3n) is 2.88. The number of carboxylic acid groups (broad SMARTS) is 3. The van der Waals surface area contributed by atoms with E-state index in [4.69, 9.17) is 42.2 Å². The van der Waals surface area contributed by atoms with Gasteiger partial charge < -0.3 is 31.7 Å². The first-order valence-electron chi connectivity index (χ1n) is 7.27. The van der Waals surface area contributed by atoms with Gasteiger partial charge in [-0.2, -0.15) is 0 Å². The van der Waals surface area contributed by atoms with Gasteiger partial charge in [-0.05, 0) is 24.6 Å². The molecule has 0 aromatic heterocycles. The number of rotatable bonds is 7. The Labute approximate surface area is 153 Å². The number of nitrogens with two attached hydrogens (primary N) is 1. The third kappa shape index (κ3) is 9.57. The van der Waals surface area contributed by atoms with Crippen LogP contribution in [0.3, 0.4) is 0 Å². The molecule has 0 radical (unpaired) electrons. The smallest absolute Gasteiger partial charge is 0.414 e. The van der Waals surface area contributed by atoms with Gasteiger partial charge in [-0.15, -0.1) is 0 Å². The zero-order valence-electron chi connectivity index (χ0n) is 13.9. The first-order chi connectivity index (χ1) is 12.1. The molecule has 0 spiro atoms. The molecule has 0 aliphatic carbocycles. The average molecular weight is 390 g/mol. The van der Waals surface area contributed by atoms with Gasteiger partial charge in [0.25, 0.3) is 0 Å². The van der Waals surface area contributed by atoms with E-state index in [-0.39, 0.29) is 6.42 Å². The predicted molar refractivity (Wildman–Crippen MR) is 93.2 cm³/mol. The van der Waals surface area contributed by atoms with Crippen LogP contribution in [0.1, 0.15) is 12.0 Å². The van der Waals surface area contributed by atoms with E-state index >= 15 is 0 Å². The molecule has 1 amide bonds. The lowest BCUT2D eigenvalue weighted by molar-refractivity contribution is -0.159. The van der Waals surface area contributed by atoms with Gasteiger partial charge in [-0.1, -0.05) is 17.7 Å². The van der Waals surface area contributed by atoms with Crippen LogP contribution in [0.4, 0.5) is 5.69 Å². The van der Waals surface area contributed by atoms with Gasteiger partial charge in [0.05, 0.1) is 6.42 Å². The SMILES string of the molecule is Cc1ccc(Cl)cc1NC(=O)CC(NCCN)C(=O)O.O=C(O)C(=O)O. The molecular formula is C15H20ClN3O7. The monoisotopic (exact) mass is 389 g/mol. The standard InChI is InChI=1S/C13H18ClN3O3.C2H2O4/c1-8-2-3-9(14)6-10(8)17-12(18)7-11(13(19)20)16-5-4-15;3-1(4)2(5)6/h2-3,6,11,16H,4-5,7,15H2,1H3,(H,17,18)(H,19,20);(H,3,4)(H,5,6). The van der Waals surface area contributed by atoms with E-state index in [0.29, 0.717) is 23.8 Å². The lowest BCUT2D eigenvalue weighted by Crippen LogP contribution is -2.41. The van der Waals surface area contributed by atoms with Gasteiger partial charge >= 0.3 is 17.9 Å². The number of aliphatic carboxylic acids is 3. The van der Waals surface area contributed by atoms with Crippen LogP contribution in [0.25, 0.3) is 0 Å². The molecule has 10 nitrogen and oxygen atoms in total. The van der Waals surface area contributed by atoms with Crippen LogP contribution in [0.2, 0.25) is 5.02 Å². The molecule has 1 aromatic carbocycles. The Morgan fingerprint density at radius 3 is 2.19 bits per heavy atom. The van der Waals surface area contributed by atoms with E-state index in [1.54, 1.807) is 18.2 Å². The molecule has 144 valence electrons. The highest BCUT2D eigenvalue weighted by Crippen LogP contribution is 2.20.